The molecular weight excluding hydrogens is 328 g/mol. The van der Waals surface area contributed by atoms with Gasteiger partial charge in [0.05, 0.1) is 5.69 Å². The van der Waals surface area contributed by atoms with Crippen LogP contribution in [0.15, 0.2) is 18.2 Å². The highest BCUT2D eigenvalue weighted by atomic mass is 35.5. The van der Waals surface area contributed by atoms with E-state index in [0.717, 1.165) is 12.8 Å². The molecule has 2 amide bonds. The van der Waals surface area contributed by atoms with Crippen molar-refractivity contribution < 1.29 is 14.3 Å². The summed E-state index contributed by atoms with van der Waals surface area (Å²) in [4.78, 5) is 26.1. The molecule has 2 aliphatic rings. The predicted octanol–water partition coefficient (Wildman–Crippen LogP) is 3.01. The van der Waals surface area contributed by atoms with E-state index < -0.39 is 0 Å². The first-order chi connectivity index (χ1) is 11.5. The number of anilines is 1. The van der Waals surface area contributed by atoms with Gasteiger partial charge in [-0.25, -0.2) is 0 Å². The zero-order chi connectivity index (χ0) is 17.3. The molecule has 0 unspecified atom stereocenters. The minimum atomic E-state index is -0.232. The number of ether oxygens (including phenoxy) is 1. The van der Waals surface area contributed by atoms with E-state index in [1.807, 2.05) is 0 Å². The van der Waals surface area contributed by atoms with E-state index in [-0.39, 0.29) is 31.0 Å². The van der Waals surface area contributed by atoms with Crippen molar-refractivity contribution in [2.75, 3.05) is 18.1 Å². The van der Waals surface area contributed by atoms with Crippen molar-refractivity contribution in [2.24, 2.45) is 11.8 Å². The van der Waals surface area contributed by atoms with E-state index in [4.69, 9.17) is 16.3 Å². The van der Waals surface area contributed by atoms with Crippen molar-refractivity contribution in [1.82, 2.24) is 5.32 Å². The first-order valence-corrected chi connectivity index (χ1v) is 8.85. The third kappa shape index (κ3) is 3.51. The average molecular weight is 351 g/mol. The van der Waals surface area contributed by atoms with Crippen LogP contribution in [-0.4, -0.2) is 31.0 Å². The standard InChI is InChI=1S/C18H23ClN2O3/c1-11-4-3-5-14(12(11)2)20-17(22)9-21-15-8-13(19)6-7-16(15)24-10-18(21)23/h6-8,11-12,14H,3-5,9-10H2,1-2H3,(H,20,22)/t11-,12+,14-/m1/s1. The molecule has 1 heterocycles. The lowest BCUT2D eigenvalue weighted by atomic mass is 9.78. The molecule has 1 N–H and O–H groups in total. The molecule has 1 aromatic carbocycles. The molecule has 1 aliphatic carbocycles. The Morgan fingerprint density at radius 1 is 1.38 bits per heavy atom. The Bertz CT molecular complexity index is 649. The molecule has 1 fully saturated rings. The lowest BCUT2D eigenvalue weighted by molar-refractivity contribution is -0.126. The summed E-state index contributed by atoms with van der Waals surface area (Å²) in [5.74, 6) is 1.26. The van der Waals surface area contributed by atoms with E-state index in [1.54, 1.807) is 18.2 Å². The number of nitrogens with zero attached hydrogens (tertiary/aromatic N) is 1. The minimum absolute atomic E-state index is 0.00681. The van der Waals surface area contributed by atoms with Gasteiger partial charge in [-0.2, -0.15) is 0 Å². The number of carbonyl (C=O) groups excluding carboxylic acids is 2. The molecule has 130 valence electrons. The van der Waals surface area contributed by atoms with Gasteiger partial charge in [-0.1, -0.05) is 38.3 Å². The number of hydrogen-bond donors (Lipinski definition) is 1. The van der Waals surface area contributed by atoms with E-state index in [2.05, 4.69) is 19.2 Å². The fraction of sp³-hybridized carbons (Fsp3) is 0.556. The Morgan fingerprint density at radius 3 is 2.96 bits per heavy atom. The van der Waals surface area contributed by atoms with Crippen LogP contribution < -0.4 is 15.0 Å². The van der Waals surface area contributed by atoms with Gasteiger partial charge in [0, 0.05) is 11.1 Å². The SMILES string of the molecule is C[C@H]1[C@H](C)CCC[C@H]1NC(=O)CN1C(=O)COc2ccc(Cl)cc21. The summed E-state index contributed by atoms with van der Waals surface area (Å²) in [6, 6.07) is 5.27. The van der Waals surface area contributed by atoms with Gasteiger partial charge in [-0.3, -0.25) is 14.5 Å². The van der Waals surface area contributed by atoms with Crippen LogP contribution in [0.1, 0.15) is 33.1 Å². The summed E-state index contributed by atoms with van der Waals surface area (Å²) in [7, 11) is 0. The fourth-order valence-corrected chi connectivity index (χ4v) is 3.70. The second kappa shape index (κ2) is 7.01. The first-order valence-electron chi connectivity index (χ1n) is 8.48. The molecule has 3 rings (SSSR count). The van der Waals surface area contributed by atoms with E-state index >= 15 is 0 Å². The molecule has 0 saturated heterocycles. The van der Waals surface area contributed by atoms with Crippen LogP contribution in [0.25, 0.3) is 0 Å². The smallest absolute Gasteiger partial charge is 0.265 e. The largest absolute Gasteiger partial charge is 0.482 e. The highest BCUT2D eigenvalue weighted by molar-refractivity contribution is 6.31. The highest BCUT2D eigenvalue weighted by Gasteiger charge is 2.31. The van der Waals surface area contributed by atoms with Crippen LogP contribution in [0.4, 0.5) is 5.69 Å². The van der Waals surface area contributed by atoms with Gasteiger partial charge in [0.15, 0.2) is 6.61 Å². The summed E-state index contributed by atoms with van der Waals surface area (Å²) in [6.45, 7) is 4.35. The monoisotopic (exact) mass is 350 g/mol. The quantitative estimate of drug-likeness (QED) is 0.911. The van der Waals surface area contributed by atoms with Crippen LogP contribution in [0, 0.1) is 11.8 Å². The molecule has 1 saturated carbocycles. The highest BCUT2D eigenvalue weighted by Crippen LogP contribution is 2.34. The normalized spacial score (nSPS) is 26.5. The molecule has 0 spiro atoms. The molecule has 3 atom stereocenters. The van der Waals surface area contributed by atoms with Crippen LogP contribution in [0.3, 0.4) is 0 Å². The van der Waals surface area contributed by atoms with Gasteiger partial charge in [0.1, 0.15) is 12.3 Å². The molecular formula is C18H23ClN2O3. The van der Waals surface area contributed by atoms with Gasteiger partial charge in [-0.15, -0.1) is 0 Å². The van der Waals surface area contributed by atoms with E-state index in [9.17, 15) is 9.59 Å². The third-order valence-electron chi connectivity index (χ3n) is 5.22. The molecule has 1 aliphatic heterocycles. The van der Waals surface area contributed by atoms with Crippen LogP contribution in [0.2, 0.25) is 5.02 Å². The Labute approximate surface area is 147 Å². The number of amides is 2. The van der Waals surface area contributed by atoms with Gasteiger partial charge in [0.2, 0.25) is 5.91 Å². The summed E-state index contributed by atoms with van der Waals surface area (Å²) < 4.78 is 5.40. The van der Waals surface area contributed by atoms with Crippen molar-refractivity contribution in [3.63, 3.8) is 0 Å². The molecule has 0 radical (unpaired) electrons. The topological polar surface area (TPSA) is 58.6 Å². The number of rotatable bonds is 3. The predicted molar refractivity (Wildman–Crippen MR) is 93.4 cm³/mol. The lowest BCUT2D eigenvalue weighted by Gasteiger charge is -2.35. The second-order valence-electron chi connectivity index (χ2n) is 6.82. The Balaban J connectivity index is 1.70. The third-order valence-corrected chi connectivity index (χ3v) is 5.45. The lowest BCUT2D eigenvalue weighted by Crippen LogP contribution is -2.50. The number of halogens is 1. The molecule has 0 bridgehead atoms. The van der Waals surface area contributed by atoms with Gasteiger partial charge in [-0.05, 0) is 36.5 Å². The number of benzene rings is 1. The molecule has 6 heteroatoms. The maximum absolute atomic E-state index is 12.5. The van der Waals surface area contributed by atoms with Gasteiger partial charge >= 0.3 is 0 Å². The average Bonchev–Trinajstić information content (AvgIpc) is 2.55. The fourth-order valence-electron chi connectivity index (χ4n) is 3.53. The molecule has 1 aromatic rings. The Hall–Kier alpha value is -1.75. The zero-order valence-corrected chi connectivity index (χ0v) is 14.8. The maximum Gasteiger partial charge on any atom is 0.265 e. The van der Waals surface area contributed by atoms with Crippen molar-refractivity contribution in [2.45, 2.75) is 39.2 Å². The zero-order valence-electron chi connectivity index (χ0n) is 14.0. The van der Waals surface area contributed by atoms with Crippen molar-refractivity contribution in [1.29, 1.82) is 0 Å². The van der Waals surface area contributed by atoms with E-state index in [1.165, 1.54) is 11.3 Å². The number of carbonyl (C=O) groups is 2. The Morgan fingerprint density at radius 2 is 2.17 bits per heavy atom. The second-order valence-corrected chi connectivity index (χ2v) is 7.26. The summed E-state index contributed by atoms with van der Waals surface area (Å²) in [6.07, 6.45) is 3.34. The Kier molecular flexibility index (Phi) is 4.99. The minimum Gasteiger partial charge on any atom is -0.482 e. The first kappa shape index (κ1) is 17.1. The molecule has 5 nitrogen and oxygen atoms in total. The molecule has 0 aromatic heterocycles. The van der Waals surface area contributed by atoms with Gasteiger partial charge in [0.25, 0.3) is 5.91 Å². The number of fused-ring (bicyclic) bond motifs is 1. The number of nitrogens with one attached hydrogen (secondary N) is 1. The molecule has 24 heavy (non-hydrogen) atoms. The summed E-state index contributed by atoms with van der Waals surface area (Å²) >= 11 is 6.02. The van der Waals surface area contributed by atoms with Gasteiger partial charge < -0.3 is 10.1 Å². The van der Waals surface area contributed by atoms with Crippen LogP contribution in [0.5, 0.6) is 5.75 Å². The van der Waals surface area contributed by atoms with Crippen molar-refractivity contribution >= 4 is 29.1 Å². The summed E-state index contributed by atoms with van der Waals surface area (Å²) in [5, 5.41) is 3.61. The van der Waals surface area contributed by atoms with Crippen molar-refractivity contribution in [3.8, 4) is 5.75 Å². The summed E-state index contributed by atoms with van der Waals surface area (Å²) in [5.41, 5.74) is 0.555. The van der Waals surface area contributed by atoms with Crippen LogP contribution >= 0.6 is 11.6 Å². The number of hydrogen-bond acceptors (Lipinski definition) is 3. The van der Waals surface area contributed by atoms with Crippen LogP contribution in [-0.2, 0) is 9.59 Å². The van der Waals surface area contributed by atoms with E-state index in [0.29, 0.717) is 28.3 Å². The maximum atomic E-state index is 12.5. The van der Waals surface area contributed by atoms with Crippen molar-refractivity contribution in [3.05, 3.63) is 23.2 Å².